The van der Waals surface area contributed by atoms with E-state index >= 15 is 0 Å². The predicted octanol–water partition coefficient (Wildman–Crippen LogP) is -2.43. The molecule has 5 unspecified atom stereocenters. The fourth-order valence-electron chi connectivity index (χ4n) is 1.48. The van der Waals surface area contributed by atoms with Gasteiger partial charge >= 0.3 is 0 Å². The SMILES string of the molecule is OCC1OC(CO)C(NCl)C(O)C1O. The molecule has 0 spiro atoms. The molecule has 1 aliphatic rings. The smallest absolute Gasteiger partial charge is 0.110 e. The van der Waals surface area contributed by atoms with E-state index in [2.05, 4.69) is 4.84 Å². The molecular formula is C7H14ClNO5. The maximum absolute atomic E-state index is 9.54. The van der Waals surface area contributed by atoms with E-state index in [-0.39, 0.29) is 6.61 Å². The molecule has 0 aliphatic carbocycles. The second-order valence-electron chi connectivity index (χ2n) is 3.19. The van der Waals surface area contributed by atoms with Crippen LogP contribution in [0.2, 0.25) is 0 Å². The summed E-state index contributed by atoms with van der Waals surface area (Å²) in [6, 6.07) is -0.764. The molecule has 0 aromatic heterocycles. The Morgan fingerprint density at radius 1 is 1.07 bits per heavy atom. The van der Waals surface area contributed by atoms with Crippen LogP contribution in [0, 0.1) is 0 Å². The molecule has 5 atom stereocenters. The summed E-state index contributed by atoms with van der Waals surface area (Å²) in [4.78, 5) is 2.23. The number of halogens is 1. The highest BCUT2D eigenvalue weighted by molar-refractivity contribution is 6.13. The van der Waals surface area contributed by atoms with Crippen molar-refractivity contribution in [1.82, 2.24) is 4.84 Å². The molecule has 0 radical (unpaired) electrons. The summed E-state index contributed by atoms with van der Waals surface area (Å²) in [6.07, 6.45) is -4.05. The quantitative estimate of drug-likeness (QED) is 0.344. The zero-order valence-corrected chi connectivity index (χ0v) is 8.13. The molecule has 5 N–H and O–H groups in total. The lowest BCUT2D eigenvalue weighted by molar-refractivity contribution is -0.198. The summed E-state index contributed by atoms with van der Waals surface area (Å²) in [5.41, 5.74) is 0. The highest BCUT2D eigenvalue weighted by atomic mass is 35.5. The first-order valence-corrected chi connectivity index (χ1v) is 4.63. The lowest BCUT2D eigenvalue weighted by Gasteiger charge is -2.41. The van der Waals surface area contributed by atoms with E-state index in [0.717, 1.165) is 0 Å². The summed E-state index contributed by atoms with van der Waals surface area (Å²) >= 11 is 5.33. The number of aliphatic hydroxyl groups is 4. The third kappa shape index (κ3) is 2.17. The fraction of sp³-hybridized carbons (Fsp3) is 1.00. The van der Waals surface area contributed by atoms with Crippen molar-refractivity contribution in [3.8, 4) is 0 Å². The van der Waals surface area contributed by atoms with Crippen LogP contribution in [0.3, 0.4) is 0 Å². The first-order valence-electron chi connectivity index (χ1n) is 4.25. The number of hydrogen-bond donors (Lipinski definition) is 5. The van der Waals surface area contributed by atoms with Gasteiger partial charge in [-0.2, -0.15) is 0 Å². The first-order chi connectivity index (χ1) is 6.65. The van der Waals surface area contributed by atoms with Gasteiger partial charge in [0.2, 0.25) is 0 Å². The van der Waals surface area contributed by atoms with Gasteiger partial charge in [0.05, 0.1) is 19.3 Å². The third-order valence-corrected chi connectivity index (χ3v) is 2.59. The van der Waals surface area contributed by atoms with Gasteiger partial charge in [-0.1, -0.05) is 0 Å². The number of hydrogen-bond acceptors (Lipinski definition) is 6. The molecule has 84 valence electrons. The lowest BCUT2D eigenvalue weighted by Crippen LogP contribution is -2.62. The van der Waals surface area contributed by atoms with Gasteiger partial charge in [-0.3, -0.25) is 0 Å². The monoisotopic (exact) mass is 227 g/mol. The zero-order valence-electron chi connectivity index (χ0n) is 7.38. The molecule has 0 bridgehead atoms. The van der Waals surface area contributed by atoms with E-state index in [4.69, 9.17) is 26.7 Å². The second kappa shape index (κ2) is 5.22. The third-order valence-electron chi connectivity index (χ3n) is 2.33. The Morgan fingerprint density at radius 2 is 1.64 bits per heavy atom. The van der Waals surface area contributed by atoms with Crippen molar-refractivity contribution >= 4 is 11.8 Å². The topological polar surface area (TPSA) is 102 Å². The van der Waals surface area contributed by atoms with Crippen LogP contribution in [0.5, 0.6) is 0 Å². The number of ether oxygens (including phenoxy) is 1. The summed E-state index contributed by atoms with van der Waals surface area (Å²) in [5, 5.41) is 36.7. The Morgan fingerprint density at radius 3 is 2.07 bits per heavy atom. The van der Waals surface area contributed by atoms with Crippen LogP contribution in [0.15, 0.2) is 0 Å². The summed E-state index contributed by atoms with van der Waals surface area (Å²) < 4.78 is 5.11. The molecule has 7 heteroatoms. The van der Waals surface area contributed by atoms with Gasteiger partial charge in [0.1, 0.15) is 24.4 Å². The van der Waals surface area contributed by atoms with Crippen LogP contribution < -0.4 is 4.84 Å². The van der Waals surface area contributed by atoms with E-state index in [0.29, 0.717) is 0 Å². The standard InChI is InChI=1S/C7H14ClNO5/c8-9-5-3(1-10)14-4(2-11)6(12)7(5)13/h3-7,9-13H,1-2H2. The molecule has 0 amide bonds. The highest BCUT2D eigenvalue weighted by Gasteiger charge is 2.43. The number of nitrogens with one attached hydrogen (secondary N) is 1. The Hall–Kier alpha value is 0.0500. The van der Waals surface area contributed by atoms with Crippen LogP contribution in [0.25, 0.3) is 0 Å². The molecule has 6 nitrogen and oxygen atoms in total. The van der Waals surface area contributed by atoms with E-state index in [1.54, 1.807) is 0 Å². The van der Waals surface area contributed by atoms with Crippen molar-refractivity contribution in [2.24, 2.45) is 0 Å². The summed E-state index contributed by atoms with van der Waals surface area (Å²) in [6.45, 7) is -0.783. The van der Waals surface area contributed by atoms with Gasteiger partial charge in [0.25, 0.3) is 0 Å². The van der Waals surface area contributed by atoms with Gasteiger partial charge in [-0.15, -0.1) is 0 Å². The van der Waals surface area contributed by atoms with Gasteiger partial charge in [0.15, 0.2) is 0 Å². The van der Waals surface area contributed by atoms with Crippen molar-refractivity contribution in [3.05, 3.63) is 0 Å². The molecule has 1 fully saturated rings. The molecule has 1 aliphatic heterocycles. The average molecular weight is 228 g/mol. The van der Waals surface area contributed by atoms with Crippen molar-refractivity contribution in [2.75, 3.05) is 13.2 Å². The van der Waals surface area contributed by atoms with Crippen LogP contribution in [-0.2, 0) is 4.74 Å². The van der Waals surface area contributed by atoms with Gasteiger partial charge in [-0.25, -0.2) is 4.84 Å². The van der Waals surface area contributed by atoms with E-state index in [1.807, 2.05) is 0 Å². The predicted molar refractivity (Wildman–Crippen MR) is 47.6 cm³/mol. The Kier molecular flexibility index (Phi) is 4.52. The second-order valence-corrected chi connectivity index (χ2v) is 3.41. The Balaban J connectivity index is 2.71. The molecule has 0 saturated carbocycles. The minimum Gasteiger partial charge on any atom is -0.394 e. The van der Waals surface area contributed by atoms with Crippen molar-refractivity contribution < 1.29 is 25.2 Å². The first kappa shape index (κ1) is 12.1. The maximum Gasteiger partial charge on any atom is 0.110 e. The Bertz CT molecular complexity index is 181. The van der Waals surface area contributed by atoms with E-state index < -0.39 is 37.1 Å². The zero-order chi connectivity index (χ0) is 10.7. The number of aliphatic hydroxyl groups excluding tert-OH is 4. The molecule has 1 rings (SSSR count). The minimum absolute atomic E-state index is 0.356. The fourth-order valence-corrected chi connectivity index (χ4v) is 1.75. The summed E-state index contributed by atoms with van der Waals surface area (Å²) in [5.74, 6) is 0. The van der Waals surface area contributed by atoms with Crippen LogP contribution in [0.1, 0.15) is 0 Å². The van der Waals surface area contributed by atoms with Crippen molar-refractivity contribution in [3.63, 3.8) is 0 Å². The summed E-state index contributed by atoms with van der Waals surface area (Å²) in [7, 11) is 0. The molecule has 14 heavy (non-hydrogen) atoms. The highest BCUT2D eigenvalue weighted by Crippen LogP contribution is 2.21. The molecule has 1 saturated heterocycles. The number of rotatable bonds is 3. The van der Waals surface area contributed by atoms with E-state index in [1.165, 1.54) is 0 Å². The molecular weight excluding hydrogens is 214 g/mol. The van der Waals surface area contributed by atoms with Crippen molar-refractivity contribution in [1.29, 1.82) is 0 Å². The Labute approximate surface area is 86.2 Å². The van der Waals surface area contributed by atoms with Gasteiger partial charge < -0.3 is 25.2 Å². The molecule has 0 aromatic rings. The minimum atomic E-state index is -1.22. The van der Waals surface area contributed by atoms with Gasteiger partial charge in [-0.05, 0) is 11.8 Å². The van der Waals surface area contributed by atoms with Crippen LogP contribution in [-0.4, -0.2) is 64.1 Å². The van der Waals surface area contributed by atoms with E-state index in [9.17, 15) is 10.2 Å². The molecule has 0 aromatic carbocycles. The van der Waals surface area contributed by atoms with Gasteiger partial charge in [0, 0.05) is 0 Å². The lowest BCUT2D eigenvalue weighted by atomic mass is 9.94. The van der Waals surface area contributed by atoms with Crippen molar-refractivity contribution in [2.45, 2.75) is 30.5 Å². The molecule has 1 heterocycles. The normalized spacial score (nSPS) is 43.9. The van der Waals surface area contributed by atoms with Crippen LogP contribution in [0.4, 0.5) is 0 Å². The average Bonchev–Trinajstić information content (AvgIpc) is 2.21. The maximum atomic E-state index is 9.54. The largest absolute Gasteiger partial charge is 0.394 e. The van der Waals surface area contributed by atoms with Crippen LogP contribution >= 0.6 is 11.8 Å².